The number of rotatable bonds is 6. The van der Waals surface area contributed by atoms with Crippen LogP contribution in [0.1, 0.15) is 35.1 Å². The van der Waals surface area contributed by atoms with E-state index in [0.717, 1.165) is 126 Å². The van der Waals surface area contributed by atoms with Gasteiger partial charge in [0, 0.05) is 99.6 Å². The maximum atomic E-state index is 6.63. The molecule has 0 saturated carbocycles. The van der Waals surface area contributed by atoms with Crippen molar-refractivity contribution < 1.29 is 18.1 Å². The van der Waals surface area contributed by atoms with Crippen molar-refractivity contribution >= 4 is 188 Å². The van der Waals surface area contributed by atoms with Crippen molar-refractivity contribution in [2.45, 2.75) is 46.3 Å². The minimum absolute atomic E-state index is 0. The lowest BCUT2D eigenvalue weighted by Gasteiger charge is -2.32. The van der Waals surface area contributed by atoms with Crippen molar-refractivity contribution in [2.75, 3.05) is 0 Å². The van der Waals surface area contributed by atoms with Crippen molar-refractivity contribution in [1.29, 1.82) is 0 Å². The van der Waals surface area contributed by atoms with Gasteiger partial charge in [0.2, 0.25) is 0 Å². The maximum Gasteiger partial charge on any atom is 0.498 e. The first-order valence-corrected chi connectivity index (χ1v) is 35.8. The molecule has 0 amide bonds. The lowest BCUT2D eigenvalue weighted by atomic mass is 9.77. The van der Waals surface area contributed by atoms with Gasteiger partial charge in [0.05, 0.1) is 70.7 Å². The van der Waals surface area contributed by atoms with Gasteiger partial charge in [0.15, 0.2) is 10.6 Å². The number of furan rings is 2. The molecule has 489 valence electrons. The molecule has 102 heavy (non-hydrogen) atoms. The molecule has 10 nitrogen and oxygen atoms in total. The molecule has 3 radical (unpaired) electrons. The first-order valence-electron chi connectivity index (χ1n) is 33.4. The van der Waals surface area contributed by atoms with Crippen LogP contribution in [0.25, 0.3) is 173 Å². The molecular formula is C87H62B2BrN6O4S2. The zero-order valence-corrected chi connectivity index (χ0v) is 58.4. The summed E-state index contributed by atoms with van der Waals surface area (Å²) in [6, 6.07) is 97.2. The number of fused-ring (bicyclic) bond motifs is 18. The molecule has 15 heteroatoms. The van der Waals surface area contributed by atoms with E-state index >= 15 is 0 Å². The van der Waals surface area contributed by atoms with E-state index in [0.29, 0.717) is 10.6 Å². The molecule has 0 spiro atoms. The Kier molecular flexibility index (Phi) is 15.9. The van der Waals surface area contributed by atoms with Crippen LogP contribution in [-0.4, -0.2) is 55.8 Å². The van der Waals surface area contributed by atoms with Crippen LogP contribution >= 0.6 is 38.6 Å². The third-order valence-electron chi connectivity index (χ3n) is 19.9. The number of hydrogen-bond donors (Lipinski definition) is 0. The fourth-order valence-corrected chi connectivity index (χ4v) is 17.1. The fraction of sp³-hybridized carbons (Fsp3) is 0.0805. The Morgan fingerprint density at radius 1 is 0.373 bits per heavy atom. The maximum absolute atomic E-state index is 6.63. The van der Waals surface area contributed by atoms with Crippen molar-refractivity contribution in [3.8, 4) is 45.3 Å². The number of thiophene rings is 2. The molecule has 12 aromatic carbocycles. The van der Waals surface area contributed by atoms with Crippen LogP contribution in [0, 0.1) is 0 Å². The van der Waals surface area contributed by atoms with Gasteiger partial charge in [-0.1, -0.05) is 214 Å². The summed E-state index contributed by atoms with van der Waals surface area (Å²) in [5, 5.41) is 11.5. The van der Waals surface area contributed by atoms with E-state index < -0.39 is 18.3 Å². The van der Waals surface area contributed by atoms with Crippen molar-refractivity contribution in [3.05, 3.63) is 284 Å². The zero-order valence-electron chi connectivity index (χ0n) is 55.2. The Hall–Kier alpha value is -11.0. The molecule has 21 rings (SSSR count). The Bertz CT molecular complexity index is 6550. The molecule has 0 atom stereocenters. The second kappa shape index (κ2) is 25.2. The summed E-state index contributed by atoms with van der Waals surface area (Å²) in [4.78, 5) is 19.8. The number of halogens is 1. The summed E-state index contributed by atoms with van der Waals surface area (Å²) in [6.45, 7) is 8.33. The van der Waals surface area contributed by atoms with Gasteiger partial charge in [-0.2, -0.15) is 0 Å². The van der Waals surface area contributed by atoms with Gasteiger partial charge in [-0.05, 0) is 116 Å². The number of aromatic nitrogens is 6. The van der Waals surface area contributed by atoms with E-state index in [-0.39, 0.29) is 15.8 Å². The van der Waals surface area contributed by atoms with Gasteiger partial charge in [-0.3, -0.25) is 0 Å². The molecule has 8 aromatic heterocycles. The molecule has 0 N–H and O–H groups in total. The van der Waals surface area contributed by atoms with Crippen molar-refractivity contribution in [1.82, 2.24) is 29.1 Å². The molecule has 9 heterocycles. The van der Waals surface area contributed by atoms with Crippen molar-refractivity contribution in [3.63, 3.8) is 0 Å². The van der Waals surface area contributed by atoms with Crippen LogP contribution in [0.5, 0.6) is 0 Å². The summed E-state index contributed by atoms with van der Waals surface area (Å²) in [5.74, 6) is 0.650. The summed E-state index contributed by atoms with van der Waals surface area (Å²) in [5.41, 5.74) is 17.0. The van der Waals surface area contributed by atoms with E-state index in [1.807, 2.05) is 54.6 Å². The largest absolute Gasteiger partial charge is 0.498 e. The second-order valence-corrected chi connectivity index (χ2v) is 29.1. The third-order valence-corrected chi connectivity index (χ3v) is 22.6. The normalized spacial score (nSPS) is 13.4. The lowest BCUT2D eigenvalue weighted by Crippen LogP contribution is -2.41. The minimum Gasteiger partial charge on any atom is -0.456 e. The van der Waals surface area contributed by atoms with Gasteiger partial charge < -0.3 is 27.3 Å². The number of para-hydroxylation sites is 6. The Balaban J connectivity index is 0.000000121. The summed E-state index contributed by atoms with van der Waals surface area (Å²) >= 11 is 6.93. The van der Waals surface area contributed by atoms with E-state index in [1.165, 1.54) is 47.4 Å². The molecule has 1 aliphatic rings. The summed E-state index contributed by atoms with van der Waals surface area (Å²) in [6.07, 6.45) is 0. The molecule has 20 aromatic rings. The topological polar surface area (TPSA) is 106 Å². The third kappa shape index (κ3) is 10.5. The monoisotopic (exact) mass is 1420 g/mol. The van der Waals surface area contributed by atoms with Gasteiger partial charge in [0.1, 0.15) is 22.3 Å². The molecule has 1 saturated heterocycles. The Morgan fingerprint density at radius 2 is 0.745 bits per heavy atom. The molecule has 0 aliphatic carbocycles. The average molecular weight is 1420 g/mol. The highest BCUT2D eigenvalue weighted by Crippen LogP contribution is 2.46. The van der Waals surface area contributed by atoms with Gasteiger partial charge >= 0.3 is 7.12 Å². The quantitative estimate of drug-likeness (QED) is 0.120. The van der Waals surface area contributed by atoms with Crippen LogP contribution in [0.2, 0.25) is 0 Å². The van der Waals surface area contributed by atoms with Crippen molar-refractivity contribution in [2.24, 2.45) is 0 Å². The first kappa shape index (κ1) is 64.4. The van der Waals surface area contributed by atoms with Gasteiger partial charge in [0.25, 0.3) is 0 Å². The van der Waals surface area contributed by atoms with Gasteiger partial charge in [-0.15, -0.1) is 22.7 Å². The smallest absolute Gasteiger partial charge is 0.456 e. The van der Waals surface area contributed by atoms with Crippen LogP contribution in [0.4, 0.5) is 0 Å². The lowest BCUT2D eigenvalue weighted by molar-refractivity contribution is 0.00578. The minimum atomic E-state index is -0.531. The van der Waals surface area contributed by atoms with Gasteiger partial charge in [-0.25, -0.2) is 19.9 Å². The fourth-order valence-electron chi connectivity index (χ4n) is 14.5. The average Bonchev–Trinajstić information content (AvgIpc) is 1.56. The van der Waals surface area contributed by atoms with E-state index in [9.17, 15) is 0 Å². The highest BCUT2D eigenvalue weighted by atomic mass is 79.9. The molecule has 1 aliphatic heterocycles. The predicted molar refractivity (Wildman–Crippen MR) is 432 cm³/mol. The summed E-state index contributed by atoms with van der Waals surface area (Å²) < 4.78 is 36.0. The number of nitrogens with zero attached hydrogens (tertiary/aromatic N) is 6. The molecule has 0 bridgehead atoms. The van der Waals surface area contributed by atoms with Crippen LogP contribution in [0.3, 0.4) is 0 Å². The van der Waals surface area contributed by atoms with E-state index in [1.54, 1.807) is 22.7 Å². The Morgan fingerprint density at radius 3 is 1.23 bits per heavy atom. The van der Waals surface area contributed by atoms with Crippen LogP contribution in [-0.2, 0) is 9.31 Å². The molecule has 1 fully saturated rings. The van der Waals surface area contributed by atoms with Crippen LogP contribution < -0.4 is 5.46 Å². The molecular weight excluding hydrogens is 1360 g/mol. The van der Waals surface area contributed by atoms with Crippen LogP contribution in [0.15, 0.2) is 293 Å². The second-order valence-electron chi connectivity index (χ2n) is 26.3. The zero-order chi connectivity index (χ0) is 67.0. The predicted octanol–water partition coefficient (Wildman–Crippen LogP) is 23.7. The SMILES string of the molecule is Brc1nc(-c2ccccc2)c2sc3ccccc3c2n1.C.CC1(C)OB(c2cc(-n3c4ccccc4c4ccccc43)cc3c2oc2ccccc23)OC1(C)C.[B].c1ccc(-c2nc(-c3cc(-n4c5ccccc5c5ccccc54)cc4c3oc3ccccc34)nc3c2sc2ccccc23)cc1. The Labute approximate surface area is 605 Å². The number of benzene rings is 12. The van der Waals surface area contributed by atoms with E-state index in [2.05, 4.69) is 287 Å². The molecule has 0 unspecified atom stereocenters. The summed E-state index contributed by atoms with van der Waals surface area (Å²) in [7, 11) is -0.531. The highest BCUT2D eigenvalue weighted by molar-refractivity contribution is 9.10. The highest BCUT2D eigenvalue weighted by Gasteiger charge is 2.52. The standard InChI is InChI=1S/C40H23N3OS.C30H26BNO3.C16H9BrN2S.CH4.B/c1-2-12-24(13-3-1)36-39-37(29-17-7-11-21-35(29)45-39)42-40(41-36)31-23-25(22-30-28-16-6-10-20-34(28)44-38(30)31)43-32-18-8-4-14-26(32)27-15-5-9-19-33(27)43;1-29(2)30(3,4)35-31(34-29)24-18-19(17-23-22-13-7-10-16-27(22)33-28(23)24)32-25-14-8-5-11-20(25)21-12-6-9-15-26(21)32;17-16-18-13(10-6-2-1-3-7-10)15-14(19-16)11-8-4-5-9-12(11)20-15;;/h1-23H;5-18H,1-4H3;1-9H;1H4;. The van der Waals surface area contributed by atoms with E-state index in [4.69, 9.17) is 28.1 Å². The first-order chi connectivity index (χ1) is 49.0. The number of hydrogen-bond acceptors (Lipinski definition) is 10.